The summed E-state index contributed by atoms with van der Waals surface area (Å²) >= 11 is 0. The molecule has 6 N–H and O–H groups in total. The summed E-state index contributed by atoms with van der Waals surface area (Å²) in [5.41, 5.74) is 0. The van der Waals surface area contributed by atoms with Gasteiger partial charge in [-0.25, -0.2) is 0 Å². The number of unbranched alkanes of at least 4 members (excludes halogenated alkanes) is 38. The molecule has 0 spiro atoms. The van der Waals surface area contributed by atoms with Gasteiger partial charge >= 0.3 is 0 Å². The SMILES string of the molecule is CCCCCCCCCCCCCCCCCCCCCCCCCCCC(O)C(COC1OC(CO)C(O)C(O)C1O)NC(=O)CCCCCCCCCCCCCCCCC. The highest BCUT2D eigenvalue weighted by Gasteiger charge is 2.44. The molecule has 0 aromatic rings. The first-order chi connectivity index (χ1) is 30.8. The van der Waals surface area contributed by atoms with E-state index in [1.54, 1.807) is 0 Å². The lowest BCUT2D eigenvalue weighted by Crippen LogP contribution is -2.60. The lowest BCUT2D eigenvalue weighted by Gasteiger charge is -2.40. The molecule has 376 valence electrons. The first-order valence-corrected chi connectivity index (χ1v) is 27.7. The zero-order valence-corrected chi connectivity index (χ0v) is 41.6. The Balaban J connectivity index is 2.19. The van der Waals surface area contributed by atoms with E-state index in [4.69, 9.17) is 9.47 Å². The fourth-order valence-electron chi connectivity index (χ4n) is 9.28. The molecule has 0 radical (unpaired) electrons. The third-order valence-electron chi connectivity index (χ3n) is 13.7. The summed E-state index contributed by atoms with van der Waals surface area (Å²) in [6, 6.07) is -0.712. The first kappa shape index (κ1) is 60.2. The molecule has 1 heterocycles. The van der Waals surface area contributed by atoms with Crippen molar-refractivity contribution in [3.05, 3.63) is 0 Å². The molecule has 7 unspecified atom stereocenters. The van der Waals surface area contributed by atoms with E-state index in [0.717, 1.165) is 38.5 Å². The lowest BCUT2D eigenvalue weighted by molar-refractivity contribution is -0.302. The molecule has 0 aromatic carbocycles. The van der Waals surface area contributed by atoms with Gasteiger partial charge in [-0.3, -0.25) is 4.79 Å². The molecule has 0 saturated carbocycles. The second-order valence-electron chi connectivity index (χ2n) is 19.7. The highest BCUT2D eigenvalue weighted by atomic mass is 16.7. The van der Waals surface area contributed by atoms with Crippen molar-refractivity contribution >= 4 is 5.91 Å². The summed E-state index contributed by atoms with van der Waals surface area (Å²) in [6.07, 6.45) is 45.6. The summed E-state index contributed by atoms with van der Waals surface area (Å²) in [6.45, 7) is 3.88. The van der Waals surface area contributed by atoms with Gasteiger partial charge in [0.2, 0.25) is 5.91 Å². The monoisotopic (exact) mass is 898 g/mol. The van der Waals surface area contributed by atoms with Crippen LogP contribution in [-0.4, -0.2) is 87.5 Å². The third kappa shape index (κ3) is 35.1. The zero-order chi connectivity index (χ0) is 45.9. The van der Waals surface area contributed by atoms with Crippen molar-refractivity contribution in [3.8, 4) is 0 Å². The highest BCUT2D eigenvalue weighted by molar-refractivity contribution is 5.76. The van der Waals surface area contributed by atoms with E-state index < -0.39 is 49.5 Å². The van der Waals surface area contributed by atoms with E-state index in [2.05, 4.69) is 19.2 Å². The predicted molar refractivity (Wildman–Crippen MR) is 263 cm³/mol. The topological polar surface area (TPSA) is 149 Å². The minimum absolute atomic E-state index is 0.131. The molecule has 0 aliphatic carbocycles. The first-order valence-electron chi connectivity index (χ1n) is 27.7. The molecule has 0 bridgehead atoms. The Hall–Kier alpha value is -0.810. The molecular weight excluding hydrogens is 791 g/mol. The van der Waals surface area contributed by atoms with Gasteiger partial charge in [0.15, 0.2) is 6.29 Å². The number of amides is 1. The van der Waals surface area contributed by atoms with Gasteiger partial charge in [-0.1, -0.05) is 264 Å². The Kier molecular flexibility index (Phi) is 43.0. The summed E-state index contributed by atoms with van der Waals surface area (Å²) < 4.78 is 11.3. The number of carbonyl (C=O) groups excluding carboxylic acids is 1. The molecule has 1 saturated heterocycles. The maximum Gasteiger partial charge on any atom is 0.220 e. The van der Waals surface area contributed by atoms with Crippen molar-refractivity contribution in [1.82, 2.24) is 5.32 Å². The predicted octanol–water partition coefficient (Wildman–Crippen LogP) is 13.1. The highest BCUT2D eigenvalue weighted by Crippen LogP contribution is 2.23. The third-order valence-corrected chi connectivity index (χ3v) is 13.7. The number of ether oxygens (including phenoxy) is 2. The standard InChI is InChI=1S/C54H107NO8/c1-3-5-7-9-11-13-15-17-19-20-21-22-23-24-25-26-27-28-30-31-33-35-37-39-41-43-48(57)47(46-62-54-53(61)52(60)51(59)49(45-56)63-54)55-50(58)44-42-40-38-36-34-32-29-18-16-14-12-10-8-6-4-2/h47-49,51-54,56-57,59-61H,3-46H2,1-2H3,(H,55,58). The van der Waals surface area contributed by atoms with Gasteiger partial charge in [-0.15, -0.1) is 0 Å². The van der Waals surface area contributed by atoms with Crippen LogP contribution in [0.15, 0.2) is 0 Å². The molecule has 7 atom stereocenters. The molecule has 0 aromatic heterocycles. The Morgan fingerprint density at radius 1 is 0.476 bits per heavy atom. The fraction of sp³-hybridized carbons (Fsp3) is 0.981. The van der Waals surface area contributed by atoms with Gasteiger partial charge in [-0.05, 0) is 12.8 Å². The number of hydrogen-bond donors (Lipinski definition) is 6. The van der Waals surface area contributed by atoms with Crippen molar-refractivity contribution in [2.75, 3.05) is 13.2 Å². The van der Waals surface area contributed by atoms with E-state index in [9.17, 15) is 30.3 Å². The average Bonchev–Trinajstić information content (AvgIpc) is 3.28. The van der Waals surface area contributed by atoms with Crippen molar-refractivity contribution in [1.29, 1.82) is 0 Å². The van der Waals surface area contributed by atoms with Crippen LogP contribution in [0.2, 0.25) is 0 Å². The summed E-state index contributed by atoms with van der Waals surface area (Å²) in [4.78, 5) is 13.0. The van der Waals surface area contributed by atoms with Gasteiger partial charge in [0, 0.05) is 6.42 Å². The van der Waals surface area contributed by atoms with Crippen LogP contribution in [0.1, 0.15) is 284 Å². The molecule has 1 aliphatic heterocycles. The number of nitrogens with one attached hydrogen (secondary N) is 1. The van der Waals surface area contributed by atoms with Crippen LogP contribution in [0, 0.1) is 0 Å². The largest absolute Gasteiger partial charge is 0.394 e. The van der Waals surface area contributed by atoms with Crippen molar-refractivity contribution in [3.63, 3.8) is 0 Å². The van der Waals surface area contributed by atoms with E-state index in [1.807, 2.05) is 0 Å². The Labute approximate surface area is 389 Å². The van der Waals surface area contributed by atoms with Crippen LogP contribution < -0.4 is 5.32 Å². The number of carbonyl (C=O) groups is 1. The van der Waals surface area contributed by atoms with Crippen molar-refractivity contribution < 1.29 is 39.8 Å². The number of hydrogen-bond acceptors (Lipinski definition) is 8. The molecule has 1 fully saturated rings. The molecule has 9 heteroatoms. The smallest absolute Gasteiger partial charge is 0.220 e. The van der Waals surface area contributed by atoms with Crippen LogP contribution in [0.25, 0.3) is 0 Å². The van der Waals surface area contributed by atoms with Gasteiger partial charge in [0.05, 0.1) is 25.4 Å². The van der Waals surface area contributed by atoms with Crippen molar-refractivity contribution in [2.24, 2.45) is 0 Å². The van der Waals surface area contributed by atoms with E-state index in [1.165, 1.54) is 218 Å². The van der Waals surface area contributed by atoms with Crippen LogP contribution in [0.5, 0.6) is 0 Å². The molecule has 1 amide bonds. The van der Waals surface area contributed by atoms with Gasteiger partial charge in [0.1, 0.15) is 24.4 Å². The summed E-state index contributed by atoms with van der Waals surface area (Å²) in [5, 5.41) is 54.6. The molecule has 63 heavy (non-hydrogen) atoms. The van der Waals surface area contributed by atoms with Crippen LogP contribution in [-0.2, 0) is 14.3 Å². The maximum atomic E-state index is 13.0. The zero-order valence-electron chi connectivity index (χ0n) is 41.6. The molecular formula is C54H107NO8. The average molecular weight is 898 g/mol. The fourth-order valence-corrected chi connectivity index (χ4v) is 9.28. The maximum absolute atomic E-state index is 13.0. The van der Waals surface area contributed by atoms with Crippen LogP contribution in [0.3, 0.4) is 0 Å². The van der Waals surface area contributed by atoms with Crippen LogP contribution in [0.4, 0.5) is 0 Å². The molecule has 1 rings (SSSR count). The minimum Gasteiger partial charge on any atom is -0.394 e. The normalized spacial score (nSPS) is 20.0. The Bertz CT molecular complexity index is 955. The number of rotatable bonds is 48. The van der Waals surface area contributed by atoms with E-state index >= 15 is 0 Å². The van der Waals surface area contributed by atoms with Crippen molar-refractivity contribution in [2.45, 2.75) is 326 Å². The minimum atomic E-state index is -1.55. The Morgan fingerprint density at radius 3 is 1.13 bits per heavy atom. The summed E-state index contributed by atoms with van der Waals surface area (Å²) in [7, 11) is 0. The number of aliphatic hydroxyl groups excluding tert-OH is 5. The summed E-state index contributed by atoms with van der Waals surface area (Å²) in [5.74, 6) is -0.138. The second-order valence-corrected chi connectivity index (χ2v) is 19.7. The van der Waals surface area contributed by atoms with Gasteiger partial charge in [-0.2, -0.15) is 0 Å². The lowest BCUT2D eigenvalue weighted by atomic mass is 9.99. The van der Waals surface area contributed by atoms with E-state index in [0.29, 0.717) is 12.8 Å². The molecule has 9 nitrogen and oxygen atoms in total. The van der Waals surface area contributed by atoms with Gasteiger partial charge < -0.3 is 40.3 Å². The Morgan fingerprint density at radius 2 is 0.794 bits per heavy atom. The van der Waals surface area contributed by atoms with E-state index in [-0.39, 0.29) is 12.5 Å². The van der Waals surface area contributed by atoms with Gasteiger partial charge in [0.25, 0.3) is 0 Å². The second kappa shape index (κ2) is 45.0. The number of aliphatic hydroxyl groups is 5. The quantitative estimate of drug-likeness (QED) is 0.0331. The van der Waals surface area contributed by atoms with Crippen LogP contribution >= 0.6 is 0 Å². The molecule has 1 aliphatic rings.